The Morgan fingerprint density at radius 1 is 1.50 bits per heavy atom. The van der Waals surface area contributed by atoms with Gasteiger partial charge in [0.1, 0.15) is 5.82 Å². The van der Waals surface area contributed by atoms with Crippen molar-refractivity contribution in [1.29, 1.82) is 0 Å². The number of nitrogens with one attached hydrogen (secondary N) is 1. The topological polar surface area (TPSA) is 69.0 Å². The van der Waals surface area contributed by atoms with E-state index in [-0.39, 0.29) is 17.9 Å². The van der Waals surface area contributed by atoms with E-state index in [0.29, 0.717) is 12.5 Å². The number of ether oxygens (including phenoxy) is 1. The van der Waals surface area contributed by atoms with Crippen LogP contribution in [0.1, 0.15) is 51.2 Å². The van der Waals surface area contributed by atoms with E-state index in [0.717, 1.165) is 31.1 Å². The number of hydrogen-bond acceptors (Lipinski definition) is 4. The molecule has 0 radical (unpaired) electrons. The number of rotatable bonds is 4. The minimum absolute atomic E-state index is 0.00512. The third kappa shape index (κ3) is 3.17. The fourth-order valence-corrected chi connectivity index (χ4v) is 2.60. The number of aromatic nitrogens is 3. The monoisotopic (exact) mass is 280 g/mol. The maximum Gasteiger partial charge on any atom is 0.226 e. The zero-order chi connectivity index (χ0) is 14.7. The van der Waals surface area contributed by atoms with Gasteiger partial charge in [-0.1, -0.05) is 13.8 Å². The minimum Gasteiger partial charge on any atom is -0.378 e. The van der Waals surface area contributed by atoms with Crippen molar-refractivity contribution in [2.24, 2.45) is 13.0 Å². The smallest absolute Gasteiger partial charge is 0.226 e. The quantitative estimate of drug-likeness (QED) is 0.904. The van der Waals surface area contributed by atoms with E-state index in [1.165, 1.54) is 0 Å². The molecule has 2 atom stereocenters. The predicted octanol–water partition coefficient (Wildman–Crippen LogP) is 1.37. The number of carbonyl (C=O) groups excluding carboxylic acids is 1. The lowest BCUT2D eigenvalue weighted by Crippen LogP contribution is -2.40. The first-order chi connectivity index (χ1) is 9.50. The SMILES string of the molecule is CC(C)c1nnc(CNC(=O)C2CCCOC2C)n1C. The molecule has 2 heterocycles. The number of nitrogens with zero attached hydrogens (tertiary/aromatic N) is 3. The van der Waals surface area contributed by atoms with Gasteiger partial charge < -0.3 is 14.6 Å². The van der Waals surface area contributed by atoms with E-state index >= 15 is 0 Å². The summed E-state index contributed by atoms with van der Waals surface area (Å²) in [4.78, 5) is 12.2. The summed E-state index contributed by atoms with van der Waals surface area (Å²) in [5.41, 5.74) is 0. The second kappa shape index (κ2) is 6.35. The molecule has 6 heteroatoms. The van der Waals surface area contributed by atoms with Crippen LogP contribution in [0.4, 0.5) is 0 Å². The summed E-state index contributed by atoms with van der Waals surface area (Å²) in [7, 11) is 1.93. The summed E-state index contributed by atoms with van der Waals surface area (Å²) in [5, 5.41) is 11.2. The van der Waals surface area contributed by atoms with Crippen molar-refractivity contribution in [3.8, 4) is 0 Å². The molecular formula is C14H24N4O2. The van der Waals surface area contributed by atoms with Crippen LogP contribution in [0.25, 0.3) is 0 Å². The van der Waals surface area contributed by atoms with Crippen molar-refractivity contribution in [2.75, 3.05) is 6.61 Å². The van der Waals surface area contributed by atoms with Crippen molar-refractivity contribution >= 4 is 5.91 Å². The van der Waals surface area contributed by atoms with Crippen LogP contribution in [0.2, 0.25) is 0 Å². The van der Waals surface area contributed by atoms with Crippen LogP contribution in [0, 0.1) is 5.92 Å². The van der Waals surface area contributed by atoms with Crippen LogP contribution in [0.5, 0.6) is 0 Å². The van der Waals surface area contributed by atoms with Crippen LogP contribution >= 0.6 is 0 Å². The molecule has 0 saturated carbocycles. The van der Waals surface area contributed by atoms with Crippen LogP contribution in [0.3, 0.4) is 0 Å². The molecule has 0 aliphatic carbocycles. The molecule has 1 aliphatic heterocycles. The Morgan fingerprint density at radius 3 is 2.85 bits per heavy atom. The molecule has 6 nitrogen and oxygen atoms in total. The van der Waals surface area contributed by atoms with Crippen molar-refractivity contribution in [2.45, 2.75) is 52.2 Å². The van der Waals surface area contributed by atoms with Crippen LogP contribution in [-0.4, -0.2) is 33.4 Å². The Morgan fingerprint density at radius 2 is 2.25 bits per heavy atom. The standard InChI is InChI=1S/C14H24N4O2/c1-9(2)13-17-16-12(18(13)4)8-15-14(19)11-6-5-7-20-10(11)3/h9-11H,5-8H2,1-4H3,(H,15,19). The lowest BCUT2D eigenvalue weighted by atomic mass is 9.94. The Labute approximate surface area is 119 Å². The first-order valence-corrected chi connectivity index (χ1v) is 7.28. The maximum atomic E-state index is 12.2. The molecular weight excluding hydrogens is 256 g/mol. The van der Waals surface area contributed by atoms with Gasteiger partial charge in [0.25, 0.3) is 0 Å². The van der Waals surface area contributed by atoms with Crippen molar-refractivity contribution in [3.05, 3.63) is 11.6 Å². The normalized spacial score (nSPS) is 23.1. The van der Waals surface area contributed by atoms with Crippen LogP contribution < -0.4 is 5.32 Å². The summed E-state index contributed by atoms with van der Waals surface area (Å²) in [5.74, 6) is 2.03. The highest BCUT2D eigenvalue weighted by atomic mass is 16.5. The second-order valence-electron chi connectivity index (χ2n) is 5.73. The van der Waals surface area contributed by atoms with E-state index in [2.05, 4.69) is 29.4 Å². The Kier molecular flexibility index (Phi) is 4.75. The zero-order valence-corrected chi connectivity index (χ0v) is 12.7. The average molecular weight is 280 g/mol. The van der Waals surface area contributed by atoms with Gasteiger partial charge in [-0.05, 0) is 19.8 Å². The van der Waals surface area contributed by atoms with Crippen molar-refractivity contribution in [3.63, 3.8) is 0 Å². The molecule has 1 fully saturated rings. The molecule has 112 valence electrons. The molecule has 1 aromatic rings. The summed E-state index contributed by atoms with van der Waals surface area (Å²) < 4.78 is 7.48. The third-order valence-corrected chi connectivity index (χ3v) is 3.88. The largest absolute Gasteiger partial charge is 0.378 e. The zero-order valence-electron chi connectivity index (χ0n) is 12.7. The van der Waals surface area contributed by atoms with Gasteiger partial charge in [0.2, 0.25) is 5.91 Å². The minimum atomic E-state index is -0.0541. The van der Waals surface area contributed by atoms with Crippen molar-refractivity contribution in [1.82, 2.24) is 20.1 Å². The highest BCUT2D eigenvalue weighted by molar-refractivity contribution is 5.79. The molecule has 1 amide bonds. The van der Waals surface area contributed by atoms with Crippen LogP contribution in [-0.2, 0) is 23.1 Å². The van der Waals surface area contributed by atoms with Crippen LogP contribution in [0.15, 0.2) is 0 Å². The molecule has 0 bridgehead atoms. The highest BCUT2D eigenvalue weighted by Gasteiger charge is 2.28. The van der Waals surface area contributed by atoms with E-state index in [1.54, 1.807) is 0 Å². The third-order valence-electron chi connectivity index (χ3n) is 3.88. The Hall–Kier alpha value is -1.43. The second-order valence-corrected chi connectivity index (χ2v) is 5.73. The Balaban J connectivity index is 1.93. The number of carbonyl (C=O) groups is 1. The van der Waals surface area contributed by atoms with E-state index in [1.807, 2.05) is 18.5 Å². The lowest BCUT2D eigenvalue weighted by molar-refractivity contribution is -0.133. The fourth-order valence-electron chi connectivity index (χ4n) is 2.60. The van der Waals surface area contributed by atoms with Gasteiger partial charge in [-0.25, -0.2) is 0 Å². The Bertz CT molecular complexity index is 470. The highest BCUT2D eigenvalue weighted by Crippen LogP contribution is 2.20. The van der Waals surface area contributed by atoms with E-state index < -0.39 is 0 Å². The molecule has 2 rings (SSSR count). The molecule has 0 spiro atoms. The summed E-state index contributed by atoms with van der Waals surface area (Å²) in [6.45, 7) is 7.29. The van der Waals surface area contributed by atoms with Gasteiger partial charge in [-0.2, -0.15) is 0 Å². The molecule has 1 N–H and O–H groups in total. The summed E-state index contributed by atoms with van der Waals surface area (Å²) in [6, 6.07) is 0. The average Bonchev–Trinajstić information content (AvgIpc) is 2.78. The fraction of sp³-hybridized carbons (Fsp3) is 0.786. The van der Waals surface area contributed by atoms with Gasteiger partial charge >= 0.3 is 0 Å². The van der Waals surface area contributed by atoms with Gasteiger partial charge in [0, 0.05) is 19.6 Å². The lowest BCUT2D eigenvalue weighted by Gasteiger charge is -2.27. The first-order valence-electron chi connectivity index (χ1n) is 7.28. The number of hydrogen-bond donors (Lipinski definition) is 1. The summed E-state index contributed by atoms with van der Waals surface area (Å²) >= 11 is 0. The van der Waals surface area contributed by atoms with E-state index in [4.69, 9.17) is 4.74 Å². The van der Waals surface area contributed by atoms with Gasteiger partial charge in [-0.3, -0.25) is 4.79 Å². The van der Waals surface area contributed by atoms with Crippen molar-refractivity contribution < 1.29 is 9.53 Å². The molecule has 0 aromatic carbocycles. The van der Waals surface area contributed by atoms with Gasteiger partial charge in [0.05, 0.1) is 18.6 Å². The summed E-state index contributed by atoms with van der Waals surface area (Å²) in [6.07, 6.45) is 1.84. The van der Waals surface area contributed by atoms with E-state index in [9.17, 15) is 4.79 Å². The predicted molar refractivity (Wildman–Crippen MR) is 75.1 cm³/mol. The number of amides is 1. The molecule has 1 aromatic heterocycles. The molecule has 20 heavy (non-hydrogen) atoms. The molecule has 2 unspecified atom stereocenters. The van der Waals surface area contributed by atoms with Gasteiger partial charge in [-0.15, -0.1) is 10.2 Å². The molecule has 1 saturated heterocycles. The molecule has 1 aliphatic rings. The first kappa shape index (κ1) is 15.0. The van der Waals surface area contributed by atoms with Gasteiger partial charge in [0.15, 0.2) is 5.82 Å². The maximum absolute atomic E-state index is 12.2.